The molecule has 0 aliphatic carbocycles. The topological polar surface area (TPSA) is 56.2 Å². The molecular formula is C24H17ClN4. The van der Waals surface area contributed by atoms with E-state index in [0.717, 1.165) is 33.0 Å². The van der Waals surface area contributed by atoms with E-state index >= 15 is 0 Å². The van der Waals surface area contributed by atoms with Gasteiger partial charge in [0, 0.05) is 16.5 Å². The molecule has 0 spiro atoms. The van der Waals surface area contributed by atoms with Crippen LogP contribution < -0.4 is 5.73 Å². The van der Waals surface area contributed by atoms with Crippen molar-refractivity contribution in [2.75, 3.05) is 5.73 Å². The van der Waals surface area contributed by atoms with Gasteiger partial charge in [0.25, 0.3) is 0 Å². The molecule has 2 N–H and O–H groups in total. The van der Waals surface area contributed by atoms with Crippen LogP contribution in [-0.4, -0.2) is 15.9 Å². The van der Waals surface area contributed by atoms with E-state index in [1.54, 1.807) is 10.9 Å². The number of imidazole rings is 1. The molecule has 29 heavy (non-hydrogen) atoms. The lowest BCUT2D eigenvalue weighted by atomic mass is 10.0. The molecular weight excluding hydrogens is 380 g/mol. The third kappa shape index (κ3) is 3.24. The maximum atomic E-state index is 6.70. The fraction of sp³-hybridized carbons (Fsp3) is 0. The third-order valence-corrected chi connectivity index (χ3v) is 5.38. The minimum Gasteiger partial charge on any atom is -0.368 e. The molecule has 0 bridgehead atoms. The summed E-state index contributed by atoms with van der Waals surface area (Å²) in [7, 11) is 0. The molecule has 4 nitrogen and oxygen atoms in total. The van der Waals surface area contributed by atoms with Crippen LogP contribution in [0.5, 0.6) is 0 Å². The lowest BCUT2D eigenvalue weighted by molar-refractivity contribution is 0.898. The first-order valence-corrected chi connectivity index (χ1v) is 9.62. The molecule has 4 aromatic carbocycles. The molecule has 0 saturated heterocycles. The summed E-state index contributed by atoms with van der Waals surface area (Å²) in [6.45, 7) is 0. The van der Waals surface area contributed by atoms with Crippen molar-refractivity contribution in [1.29, 1.82) is 0 Å². The number of hydrogen-bond donors (Lipinski definition) is 1. The zero-order chi connectivity index (χ0) is 19.8. The molecule has 0 atom stereocenters. The van der Waals surface area contributed by atoms with E-state index in [4.69, 9.17) is 17.3 Å². The average molecular weight is 397 g/mol. The Hall–Kier alpha value is -3.63. The van der Waals surface area contributed by atoms with Crippen LogP contribution in [-0.2, 0) is 0 Å². The zero-order valence-corrected chi connectivity index (χ0v) is 16.2. The summed E-state index contributed by atoms with van der Waals surface area (Å²) in [6, 6.07) is 26.4. The van der Waals surface area contributed by atoms with E-state index < -0.39 is 0 Å². The summed E-state index contributed by atoms with van der Waals surface area (Å²) in [6.07, 6.45) is 3.52. The van der Waals surface area contributed by atoms with Gasteiger partial charge >= 0.3 is 0 Å². The molecule has 5 aromatic rings. The molecule has 0 amide bonds. The van der Waals surface area contributed by atoms with E-state index in [0.29, 0.717) is 11.0 Å². The van der Waals surface area contributed by atoms with E-state index in [1.807, 2.05) is 54.7 Å². The number of hydrogen-bond acceptors (Lipinski definition) is 3. The Morgan fingerprint density at radius 3 is 2.38 bits per heavy atom. The molecule has 0 aliphatic heterocycles. The lowest BCUT2D eigenvalue weighted by Gasteiger charge is -2.06. The Bertz CT molecular complexity index is 1370. The van der Waals surface area contributed by atoms with Crippen molar-refractivity contribution in [2.45, 2.75) is 0 Å². The molecule has 0 radical (unpaired) electrons. The monoisotopic (exact) mass is 396 g/mol. The SMILES string of the molecule is Nc1nc(-c2ccccc2)cn1N=Cc1ccc2cc3ccccc3cc2c1Cl. The molecule has 0 unspecified atom stereocenters. The van der Waals surface area contributed by atoms with Crippen LogP contribution in [0.2, 0.25) is 5.02 Å². The highest BCUT2D eigenvalue weighted by Gasteiger charge is 2.08. The van der Waals surface area contributed by atoms with Gasteiger partial charge < -0.3 is 5.73 Å². The van der Waals surface area contributed by atoms with Crippen molar-refractivity contribution in [3.8, 4) is 11.3 Å². The van der Waals surface area contributed by atoms with Gasteiger partial charge in [-0.25, -0.2) is 9.66 Å². The number of anilines is 1. The second-order valence-electron chi connectivity index (χ2n) is 6.83. The fourth-order valence-corrected chi connectivity index (χ4v) is 3.72. The molecule has 0 saturated carbocycles. The summed E-state index contributed by atoms with van der Waals surface area (Å²) < 4.78 is 1.56. The minimum atomic E-state index is 0.322. The molecule has 1 aromatic heterocycles. The minimum absolute atomic E-state index is 0.322. The largest absolute Gasteiger partial charge is 0.368 e. The first-order chi connectivity index (χ1) is 14.2. The van der Waals surface area contributed by atoms with Crippen LogP contribution in [0, 0.1) is 0 Å². The van der Waals surface area contributed by atoms with Gasteiger partial charge in [0.2, 0.25) is 5.95 Å². The molecule has 140 valence electrons. The second kappa shape index (κ2) is 7.08. The van der Waals surface area contributed by atoms with Crippen molar-refractivity contribution < 1.29 is 0 Å². The summed E-state index contributed by atoms with van der Waals surface area (Å²) in [5.74, 6) is 0.322. The van der Waals surface area contributed by atoms with Gasteiger partial charge in [-0.15, -0.1) is 0 Å². The first kappa shape index (κ1) is 17.5. The summed E-state index contributed by atoms with van der Waals surface area (Å²) in [5.41, 5.74) is 8.63. The Labute approximate surface area is 172 Å². The number of halogens is 1. The highest BCUT2D eigenvalue weighted by Crippen LogP contribution is 2.30. The third-order valence-electron chi connectivity index (χ3n) is 4.96. The van der Waals surface area contributed by atoms with Crippen LogP contribution in [0.4, 0.5) is 5.95 Å². The van der Waals surface area contributed by atoms with Crippen molar-refractivity contribution >= 4 is 45.3 Å². The second-order valence-corrected chi connectivity index (χ2v) is 7.21. The van der Waals surface area contributed by atoms with E-state index in [-0.39, 0.29) is 0 Å². The zero-order valence-electron chi connectivity index (χ0n) is 15.5. The molecule has 1 heterocycles. The predicted molar refractivity (Wildman–Crippen MR) is 122 cm³/mol. The quantitative estimate of drug-likeness (QED) is 0.301. The highest BCUT2D eigenvalue weighted by molar-refractivity contribution is 6.38. The Balaban J connectivity index is 1.53. The van der Waals surface area contributed by atoms with E-state index in [1.165, 1.54) is 5.39 Å². The van der Waals surface area contributed by atoms with Gasteiger partial charge in [-0.1, -0.05) is 78.3 Å². The standard InChI is InChI=1S/C24H17ClN4/c25-23-20(11-10-19-12-17-8-4-5-9-18(17)13-21(19)23)14-27-29-15-22(28-24(29)26)16-6-2-1-3-7-16/h1-15H,(H2,26,28). The number of fused-ring (bicyclic) bond motifs is 2. The van der Waals surface area contributed by atoms with Crippen molar-refractivity contribution in [3.05, 3.63) is 95.6 Å². The van der Waals surface area contributed by atoms with Gasteiger partial charge in [-0.2, -0.15) is 5.10 Å². The number of rotatable bonds is 3. The Morgan fingerprint density at radius 1 is 0.862 bits per heavy atom. The maximum Gasteiger partial charge on any atom is 0.221 e. The Kier molecular flexibility index (Phi) is 4.26. The van der Waals surface area contributed by atoms with Gasteiger partial charge in [0.05, 0.1) is 23.1 Å². The van der Waals surface area contributed by atoms with Gasteiger partial charge in [-0.3, -0.25) is 0 Å². The van der Waals surface area contributed by atoms with Crippen LogP contribution in [0.15, 0.2) is 90.2 Å². The normalized spacial score (nSPS) is 11.6. The van der Waals surface area contributed by atoms with E-state index in [2.05, 4.69) is 40.4 Å². The van der Waals surface area contributed by atoms with Crippen molar-refractivity contribution in [1.82, 2.24) is 9.66 Å². The van der Waals surface area contributed by atoms with Crippen LogP contribution >= 0.6 is 11.6 Å². The number of aromatic nitrogens is 2. The predicted octanol–water partition coefficient (Wildman–Crippen LogP) is 5.97. The number of nitrogen functional groups attached to an aromatic ring is 1. The van der Waals surface area contributed by atoms with Crippen molar-refractivity contribution in [3.63, 3.8) is 0 Å². The average Bonchev–Trinajstić information content (AvgIpc) is 3.13. The number of benzene rings is 4. The fourth-order valence-electron chi connectivity index (χ4n) is 3.44. The molecule has 0 aliphatic rings. The van der Waals surface area contributed by atoms with Crippen LogP contribution in [0.3, 0.4) is 0 Å². The maximum absolute atomic E-state index is 6.70. The van der Waals surface area contributed by atoms with Gasteiger partial charge in [0.1, 0.15) is 0 Å². The van der Waals surface area contributed by atoms with E-state index in [9.17, 15) is 0 Å². The van der Waals surface area contributed by atoms with Crippen molar-refractivity contribution in [2.24, 2.45) is 5.10 Å². The summed E-state index contributed by atoms with van der Waals surface area (Å²) in [5, 5.41) is 9.58. The first-order valence-electron chi connectivity index (χ1n) is 9.25. The molecule has 5 heteroatoms. The summed E-state index contributed by atoms with van der Waals surface area (Å²) in [4.78, 5) is 4.39. The van der Waals surface area contributed by atoms with Gasteiger partial charge in [-0.05, 0) is 28.3 Å². The number of nitrogens with zero attached hydrogens (tertiary/aromatic N) is 3. The number of nitrogens with two attached hydrogens (primary N) is 1. The molecule has 0 fully saturated rings. The summed E-state index contributed by atoms with van der Waals surface area (Å²) >= 11 is 6.70. The van der Waals surface area contributed by atoms with Crippen LogP contribution in [0.1, 0.15) is 5.56 Å². The molecule has 5 rings (SSSR count). The van der Waals surface area contributed by atoms with Crippen LogP contribution in [0.25, 0.3) is 32.8 Å². The Morgan fingerprint density at radius 2 is 1.59 bits per heavy atom. The smallest absolute Gasteiger partial charge is 0.221 e. The highest BCUT2D eigenvalue weighted by atomic mass is 35.5. The van der Waals surface area contributed by atoms with Gasteiger partial charge in [0.15, 0.2) is 0 Å². The lowest BCUT2D eigenvalue weighted by Crippen LogP contribution is -1.97.